The minimum atomic E-state index is -0.776. The highest BCUT2D eigenvalue weighted by molar-refractivity contribution is 5.77. The van der Waals surface area contributed by atoms with Gasteiger partial charge in [0.15, 0.2) is 0 Å². The van der Waals surface area contributed by atoms with Crippen LogP contribution in [-0.4, -0.2) is 47.3 Å². The van der Waals surface area contributed by atoms with Crippen LogP contribution in [0.2, 0.25) is 0 Å². The van der Waals surface area contributed by atoms with Gasteiger partial charge in [-0.3, -0.25) is 4.79 Å². The maximum Gasteiger partial charge on any atom is 0.225 e. The van der Waals surface area contributed by atoms with Crippen LogP contribution in [0, 0.1) is 0 Å². The molecule has 126 valence electrons. The van der Waals surface area contributed by atoms with Crippen LogP contribution in [0.1, 0.15) is 44.1 Å². The summed E-state index contributed by atoms with van der Waals surface area (Å²) in [6, 6.07) is 10.4. The van der Waals surface area contributed by atoms with E-state index in [-0.39, 0.29) is 18.4 Å². The van der Waals surface area contributed by atoms with Crippen LogP contribution in [-0.2, 0) is 16.0 Å². The van der Waals surface area contributed by atoms with Crippen LogP contribution >= 0.6 is 0 Å². The van der Waals surface area contributed by atoms with Crippen molar-refractivity contribution < 1.29 is 14.6 Å². The van der Waals surface area contributed by atoms with Crippen molar-refractivity contribution in [3.63, 3.8) is 0 Å². The van der Waals surface area contributed by atoms with Gasteiger partial charge in [-0.05, 0) is 31.2 Å². The van der Waals surface area contributed by atoms with E-state index in [2.05, 4.69) is 12.1 Å². The van der Waals surface area contributed by atoms with Gasteiger partial charge < -0.3 is 14.7 Å². The van der Waals surface area contributed by atoms with Crippen molar-refractivity contribution in [3.8, 4) is 0 Å². The smallest absolute Gasteiger partial charge is 0.225 e. The van der Waals surface area contributed by atoms with Gasteiger partial charge in [0.05, 0.1) is 24.7 Å². The lowest BCUT2D eigenvalue weighted by Gasteiger charge is -2.31. The highest BCUT2D eigenvalue weighted by Crippen LogP contribution is 2.33. The molecule has 1 saturated heterocycles. The number of rotatable bonds is 6. The van der Waals surface area contributed by atoms with Crippen molar-refractivity contribution in [2.45, 2.75) is 56.6 Å². The maximum absolute atomic E-state index is 12.8. The Morgan fingerprint density at radius 1 is 1.26 bits per heavy atom. The first-order valence-corrected chi connectivity index (χ1v) is 8.80. The average Bonchev–Trinajstić information content (AvgIpc) is 3.21. The number of carbonyl (C=O) groups excluding carboxylic acids is 1. The second-order valence-corrected chi connectivity index (χ2v) is 6.95. The first-order chi connectivity index (χ1) is 11.2. The highest BCUT2D eigenvalue weighted by atomic mass is 16.5. The van der Waals surface area contributed by atoms with E-state index in [0.29, 0.717) is 13.2 Å². The van der Waals surface area contributed by atoms with Crippen molar-refractivity contribution in [2.75, 3.05) is 19.8 Å². The molecule has 1 heterocycles. The molecule has 1 unspecified atom stereocenters. The van der Waals surface area contributed by atoms with Gasteiger partial charge in [-0.2, -0.15) is 0 Å². The number of nitrogens with zero attached hydrogens (tertiary/aromatic N) is 1. The monoisotopic (exact) mass is 317 g/mol. The molecule has 2 fully saturated rings. The molecule has 1 aliphatic heterocycles. The summed E-state index contributed by atoms with van der Waals surface area (Å²) >= 11 is 0. The van der Waals surface area contributed by atoms with Gasteiger partial charge in [0.25, 0.3) is 0 Å². The molecule has 1 atom stereocenters. The lowest BCUT2D eigenvalue weighted by atomic mass is 9.96. The summed E-state index contributed by atoms with van der Waals surface area (Å²) in [5, 5.41) is 10.6. The molecular formula is C19H27NO3. The third-order valence-electron chi connectivity index (χ3n) is 5.17. The number of aliphatic hydroxyl groups is 1. The third-order valence-corrected chi connectivity index (χ3v) is 5.17. The predicted molar refractivity (Wildman–Crippen MR) is 89.1 cm³/mol. The summed E-state index contributed by atoms with van der Waals surface area (Å²) < 4.78 is 5.48. The summed E-state index contributed by atoms with van der Waals surface area (Å²) in [5.41, 5.74) is 0.463. The first kappa shape index (κ1) is 16.5. The molecule has 2 aliphatic rings. The zero-order valence-corrected chi connectivity index (χ0v) is 13.7. The number of carbonyl (C=O) groups is 1. The molecule has 1 saturated carbocycles. The van der Waals surface area contributed by atoms with Crippen LogP contribution in [0.15, 0.2) is 30.3 Å². The molecule has 1 aromatic carbocycles. The SMILES string of the molecule is O=C(CC1(O)CCCC1)N(CCc1ccccc1)C1CCOC1. The molecule has 3 rings (SSSR count). The summed E-state index contributed by atoms with van der Waals surface area (Å²) in [6.45, 7) is 2.05. The van der Waals surface area contributed by atoms with Crippen LogP contribution in [0.25, 0.3) is 0 Å². The van der Waals surface area contributed by atoms with Crippen LogP contribution in [0.5, 0.6) is 0 Å². The van der Waals surface area contributed by atoms with Gasteiger partial charge in [0.2, 0.25) is 5.91 Å². The van der Waals surface area contributed by atoms with Crippen LogP contribution in [0.4, 0.5) is 0 Å². The topological polar surface area (TPSA) is 49.8 Å². The van der Waals surface area contributed by atoms with E-state index in [4.69, 9.17) is 4.74 Å². The Balaban J connectivity index is 1.63. The van der Waals surface area contributed by atoms with E-state index < -0.39 is 5.60 Å². The molecule has 1 N–H and O–H groups in total. The van der Waals surface area contributed by atoms with Crippen molar-refractivity contribution in [3.05, 3.63) is 35.9 Å². The molecule has 4 nitrogen and oxygen atoms in total. The zero-order valence-electron chi connectivity index (χ0n) is 13.7. The van der Waals surface area contributed by atoms with E-state index in [1.807, 2.05) is 23.1 Å². The molecule has 4 heteroatoms. The quantitative estimate of drug-likeness (QED) is 0.877. The normalized spacial score (nSPS) is 23.1. The molecule has 1 aliphatic carbocycles. The van der Waals surface area contributed by atoms with E-state index in [1.165, 1.54) is 5.56 Å². The summed E-state index contributed by atoms with van der Waals surface area (Å²) in [4.78, 5) is 14.8. The average molecular weight is 317 g/mol. The largest absolute Gasteiger partial charge is 0.389 e. The van der Waals surface area contributed by atoms with E-state index in [1.54, 1.807) is 0 Å². The van der Waals surface area contributed by atoms with Gasteiger partial charge in [-0.25, -0.2) is 0 Å². The Kier molecular flexibility index (Phi) is 5.34. The molecule has 0 aromatic heterocycles. The Bertz CT molecular complexity index is 505. The Morgan fingerprint density at radius 2 is 2.00 bits per heavy atom. The standard InChI is InChI=1S/C19H27NO3/c21-18(14-19(22)10-4-5-11-19)20(17-9-13-23-15-17)12-8-16-6-2-1-3-7-16/h1-3,6-7,17,22H,4-5,8-15H2. The fourth-order valence-corrected chi connectivity index (χ4v) is 3.77. The predicted octanol–water partition coefficient (Wildman–Crippen LogP) is 2.54. The van der Waals surface area contributed by atoms with Gasteiger partial charge >= 0.3 is 0 Å². The first-order valence-electron chi connectivity index (χ1n) is 8.80. The van der Waals surface area contributed by atoms with Gasteiger partial charge in [-0.1, -0.05) is 43.2 Å². The maximum atomic E-state index is 12.8. The Hall–Kier alpha value is -1.39. The highest BCUT2D eigenvalue weighted by Gasteiger charge is 2.37. The van der Waals surface area contributed by atoms with E-state index in [9.17, 15) is 9.90 Å². The second-order valence-electron chi connectivity index (χ2n) is 6.95. The van der Waals surface area contributed by atoms with Gasteiger partial charge in [0.1, 0.15) is 0 Å². The molecular weight excluding hydrogens is 290 g/mol. The van der Waals surface area contributed by atoms with Crippen LogP contribution < -0.4 is 0 Å². The minimum Gasteiger partial charge on any atom is -0.389 e. The zero-order chi connectivity index (χ0) is 16.1. The lowest BCUT2D eigenvalue weighted by molar-refractivity contribution is -0.138. The molecule has 1 aromatic rings. The summed E-state index contributed by atoms with van der Waals surface area (Å²) in [5.74, 6) is 0.0841. The van der Waals surface area contributed by atoms with Crippen LogP contribution in [0.3, 0.4) is 0 Å². The number of hydrogen-bond donors (Lipinski definition) is 1. The number of hydrogen-bond acceptors (Lipinski definition) is 3. The Labute approximate surface area is 138 Å². The number of benzene rings is 1. The number of ether oxygens (including phenoxy) is 1. The van der Waals surface area contributed by atoms with Crippen molar-refractivity contribution in [1.82, 2.24) is 4.90 Å². The molecule has 0 bridgehead atoms. The third kappa shape index (κ3) is 4.33. The molecule has 0 radical (unpaired) electrons. The second kappa shape index (κ2) is 7.45. The van der Waals surface area contributed by atoms with Crippen molar-refractivity contribution >= 4 is 5.91 Å². The fourth-order valence-electron chi connectivity index (χ4n) is 3.77. The molecule has 23 heavy (non-hydrogen) atoms. The summed E-state index contributed by atoms with van der Waals surface area (Å²) in [6.07, 6.45) is 5.58. The van der Waals surface area contributed by atoms with Gasteiger partial charge in [-0.15, -0.1) is 0 Å². The fraction of sp³-hybridized carbons (Fsp3) is 0.632. The minimum absolute atomic E-state index is 0.0841. The van der Waals surface area contributed by atoms with Crippen molar-refractivity contribution in [1.29, 1.82) is 0 Å². The van der Waals surface area contributed by atoms with E-state index in [0.717, 1.165) is 45.1 Å². The van der Waals surface area contributed by atoms with Crippen molar-refractivity contribution in [2.24, 2.45) is 0 Å². The Morgan fingerprint density at radius 3 is 2.65 bits per heavy atom. The summed E-state index contributed by atoms with van der Waals surface area (Å²) in [7, 11) is 0. The lowest BCUT2D eigenvalue weighted by Crippen LogP contribution is -2.45. The number of amides is 1. The molecule has 0 spiro atoms. The molecule has 1 amide bonds. The van der Waals surface area contributed by atoms with Gasteiger partial charge in [0, 0.05) is 13.2 Å². The van der Waals surface area contributed by atoms with E-state index >= 15 is 0 Å².